The second-order valence-corrected chi connectivity index (χ2v) is 10.7. The van der Waals surface area contributed by atoms with Gasteiger partial charge in [0.1, 0.15) is 22.2 Å². The number of methoxy groups -OCH3 is 1. The molecule has 0 saturated heterocycles. The molecule has 0 spiro atoms. The highest BCUT2D eigenvalue weighted by Gasteiger charge is 2.32. The van der Waals surface area contributed by atoms with E-state index in [-0.39, 0.29) is 34.5 Å². The molecule has 3 aromatic carbocycles. The first-order chi connectivity index (χ1) is 19.2. The summed E-state index contributed by atoms with van der Waals surface area (Å²) >= 11 is 4.29. The lowest BCUT2D eigenvalue weighted by atomic mass is 10.2. The van der Waals surface area contributed by atoms with Gasteiger partial charge in [0.05, 0.1) is 25.0 Å². The van der Waals surface area contributed by atoms with Crippen LogP contribution in [0, 0.1) is 0 Å². The van der Waals surface area contributed by atoms with E-state index < -0.39 is 27.4 Å². The van der Waals surface area contributed by atoms with Crippen LogP contribution < -0.4 is 19.8 Å². The molecule has 0 bridgehead atoms. The fourth-order valence-electron chi connectivity index (χ4n) is 3.77. The number of ether oxygens (including phenoxy) is 1. The number of nitrogens with one attached hydrogen (secondary N) is 2. The third kappa shape index (κ3) is 6.57. The molecule has 206 valence electrons. The summed E-state index contributed by atoms with van der Waals surface area (Å²) in [5, 5.41) is 11.9. The van der Waals surface area contributed by atoms with Crippen LogP contribution in [-0.4, -0.2) is 42.5 Å². The molecule has 0 unspecified atom stereocenters. The van der Waals surface area contributed by atoms with Gasteiger partial charge in [-0.25, -0.2) is 28.2 Å². The van der Waals surface area contributed by atoms with Crippen molar-refractivity contribution in [2.24, 2.45) is 0 Å². The van der Waals surface area contributed by atoms with Crippen molar-refractivity contribution in [3.63, 3.8) is 0 Å². The van der Waals surface area contributed by atoms with Crippen LogP contribution in [0.1, 0.15) is 21.7 Å². The van der Waals surface area contributed by atoms with Gasteiger partial charge in [-0.15, -0.1) is 12.6 Å². The first-order valence-corrected chi connectivity index (χ1v) is 13.7. The van der Waals surface area contributed by atoms with Crippen LogP contribution in [0.5, 0.6) is 5.75 Å². The second kappa shape index (κ2) is 12.6. The molecular weight excluding hydrogens is 554 g/mol. The topological polar surface area (TPSA) is 151 Å². The molecule has 0 aliphatic carbocycles. The van der Waals surface area contributed by atoms with Crippen LogP contribution in [0.25, 0.3) is 0 Å². The van der Waals surface area contributed by atoms with Crippen molar-refractivity contribution in [2.75, 3.05) is 16.7 Å². The van der Waals surface area contributed by atoms with Crippen LogP contribution >= 0.6 is 12.6 Å². The number of nitrogens with zero attached hydrogens (tertiary/aromatic N) is 3. The summed E-state index contributed by atoms with van der Waals surface area (Å²) in [5.74, 6) is -1.57. The third-order valence-electron chi connectivity index (χ3n) is 5.67. The van der Waals surface area contributed by atoms with Gasteiger partial charge in [0.25, 0.3) is 15.9 Å². The minimum Gasteiger partial charge on any atom is -0.497 e. The number of amides is 2. The quantitative estimate of drug-likeness (QED) is 0.0965. The summed E-state index contributed by atoms with van der Waals surface area (Å²) < 4.78 is 34.1. The smallest absolute Gasteiger partial charge is 0.281 e. The summed E-state index contributed by atoms with van der Waals surface area (Å²) in [6.45, 7) is -0.235. The van der Waals surface area contributed by atoms with E-state index in [1.807, 2.05) is 0 Å². The molecule has 1 aromatic heterocycles. The SMILES string of the molecule is COc1ccc(S(=O)(=O)N(Cc2ccccc2)c2nc(CC(=O)Nc3ccccc3)nc(S)c2C(=O)NO)cc1. The minimum absolute atomic E-state index is 0.0917. The molecule has 0 aliphatic heterocycles. The number of aromatic nitrogens is 2. The number of benzene rings is 3. The van der Waals surface area contributed by atoms with E-state index in [0.717, 1.165) is 4.31 Å². The van der Waals surface area contributed by atoms with E-state index in [1.54, 1.807) is 60.7 Å². The fourth-order valence-corrected chi connectivity index (χ4v) is 5.50. The number of carbonyl (C=O) groups is 2. The highest BCUT2D eigenvalue weighted by Crippen LogP contribution is 2.31. The lowest BCUT2D eigenvalue weighted by Gasteiger charge is -2.26. The predicted octanol–water partition coefficient (Wildman–Crippen LogP) is 3.47. The van der Waals surface area contributed by atoms with Crippen molar-refractivity contribution in [3.05, 3.63) is 102 Å². The number of hydrogen-bond donors (Lipinski definition) is 4. The molecule has 1 heterocycles. The Morgan fingerprint density at radius 2 is 1.57 bits per heavy atom. The lowest BCUT2D eigenvalue weighted by Crippen LogP contribution is -2.35. The molecule has 4 rings (SSSR count). The van der Waals surface area contributed by atoms with E-state index >= 15 is 0 Å². The number of thiol groups is 1. The summed E-state index contributed by atoms with van der Waals surface area (Å²) in [4.78, 5) is 33.8. The number of rotatable bonds is 10. The molecule has 0 saturated carbocycles. The zero-order valence-corrected chi connectivity index (χ0v) is 22.9. The molecule has 11 nitrogen and oxygen atoms in total. The van der Waals surface area contributed by atoms with E-state index in [1.165, 1.54) is 36.9 Å². The molecule has 0 fully saturated rings. The Balaban J connectivity index is 1.84. The summed E-state index contributed by atoms with van der Waals surface area (Å²) in [7, 11) is -2.91. The second-order valence-electron chi connectivity index (χ2n) is 8.37. The van der Waals surface area contributed by atoms with Crippen LogP contribution in [0.3, 0.4) is 0 Å². The number of hydrogen-bond acceptors (Lipinski definition) is 9. The maximum absolute atomic E-state index is 14.0. The first-order valence-electron chi connectivity index (χ1n) is 11.8. The van der Waals surface area contributed by atoms with Gasteiger partial charge in [-0.05, 0) is 42.0 Å². The van der Waals surface area contributed by atoms with Crippen molar-refractivity contribution in [3.8, 4) is 5.75 Å². The average Bonchev–Trinajstić information content (AvgIpc) is 2.96. The molecule has 0 aliphatic rings. The largest absolute Gasteiger partial charge is 0.497 e. The molecule has 0 atom stereocenters. The van der Waals surface area contributed by atoms with Crippen LogP contribution in [0.4, 0.5) is 11.5 Å². The monoisotopic (exact) mass is 579 g/mol. The van der Waals surface area contributed by atoms with Gasteiger partial charge in [-0.2, -0.15) is 0 Å². The van der Waals surface area contributed by atoms with E-state index in [4.69, 9.17) is 4.74 Å². The van der Waals surface area contributed by atoms with Gasteiger partial charge in [-0.3, -0.25) is 14.8 Å². The molecule has 4 aromatic rings. The Morgan fingerprint density at radius 1 is 0.950 bits per heavy atom. The Labute approximate surface area is 236 Å². The number of anilines is 2. The predicted molar refractivity (Wildman–Crippen MR) is 150 cm³/mol. The number of hydroxylamine groups is 1. The van der Waals surface area contributed by atoms with Gasteiger partial charge < -0.3 is 10.1 Å². The Morgan fingerprint density at radius 3 is 2.17 bits per heavy atom. The zero-order chi connectivity index (χ0) is 28.7. The highest BCUT2D eigenvalue weighted by molar-refractivity contribution is 7.92. The molecule has 3 N–H and O–H groups in total. The summed E-state index contributed by atoms with van der Waals surface area (Å²) in [6.07, 6.45) is -0.349. The first kappa shape index (κ1) is 28.5. The summed E-state index contributed by atoms with van der Waals surface area (Å²) in [6, 6.07) is 23.0. The Hall–Kier alpha value is -4.46. The van der Waals surface area contributed by atoms with Crippen molar-refractivity contribution in [1.82, 2.24) is 15.4 Å². The Kier molecular flexibility index (Phi) is 8.99. The lowest BCUT2D eigenvalue weighted by molar-refractivity contribution is -0.115. The standard InChI is InChI=1S/C27H25N5O6S2/c1-38-20-12-14-21(15-13-20)40(36,37)32(17-18-8-4-2-5-9-18)25-24(26(34)31-35)27(39)30-22(29-25)16-23(33)28-19-10-6-3-7-11-19/h2-15,35H,16-17H2,1H3,(H,28,33)(H,31,34)(H,29,30,39). The zero-order valence-electron chi connectivity index (χ0n) is 21.2. The summed E-state index contributed by atoms with van der Waals surface area (Å²) in [5.41, 5.74) is 2.22. The fraction of sp³-hybridized carbons (Fsp3) is 0.111. The van der Waals surface area contributed by atoms with Crippen LogP contribution in [0.15, 0.2) is 94.9 Å². The molecule has 2 amide bonds. The van der Waals surface area contributed by atoms with Gasteiger partial charge in [-0.1, -0.05) is 48.5 Å². The van der Waals surface area contributed by atoms with E-state index in [0.29, 0.717) is 17.0 Å². The van der Waals surface area contributed by atoms with Gasteiger partial charge in [0, 0.05) is 5.69 Å². The van der Waals surface area contributed by atoms with Crippen LogP contribution in [-0.2, 0) is 27.8 Å². The number of sulfonamides is 1. The van der Waals surface area contributed by atoms with Crippen molar-refractivity contribution in [2.45, 2.75) is 22.9 Å². The highest BCUT2D eigenvalue weighted by atomic mass is 32.2. The Bertz CT molecular complexity index is 1600. The van der Waals surface area contributed by atoms with Crippen molar-refractivity contribution >= 4 is 46.0 Å². The van der Waals surface area contributed by atoms with Crippen molar-refractivity contribution < 1.29 is 28.0 Å². The molecular formula is C27H25N5O6S2. The molecule has 13 heteroatoms. The van der Waals surface area contributed by atoms with Crippen LogP contribution in [0.2, 0.25) is 0 Å². The van der Waals surface area contributed by atoms with Gasteiger partial charge >= 0.3 is 0 Å². The number of para-hydroxylation sites is 1. The van der Waals surface area contributed by atoms with E-state index in [2.05, 4.69) is 27.9 Å². The van der Waals surface area contributed by atoms with E-state index in [9.17, 15) is 23.2 Å². The maximum Gasteiger partial charge on any atom is 0.281 e. The maximum atomic E-state index is 14.0. The number of carbonyl (C=O) groups excluding carboxylic acids is 2. The van der Waals surface area contributed by atoms with Gasteiger partial charge in [0.2, 0.25) is 5.91 Å². The third-order valence-corrected chi connectivity index (χ3v) is 7.75. The normalized spacial score (nSPS) is 11.0. The molecule has 0 radical (unpaired) electrons. The molecule has 40 heavy (non-hydrogen) atoms. The van der Waals surface area contributed by atoms with Gasteiger partial charge in [0.15, 0.2) is 5.82 Å². The average molecular weight is 580 g/mol. The van der Waals surface area contributed by atoms with Crippen molar-refractivity contribution in [1.29, 1.82) is 0 Å². The minimum atomic E-state index is -4.36.